The van der Waals surface area contributed by atoms with Gasteiger partial charge in [-0.2, -0.15) is 0 Å². The van der Waals surface area contributed by atoms with E-state index in [9.17, 15) is 4.79 Å². The van der Waals surface area contributed by atoms with E-state index in [-0.39, 0.29) is 11.9 Å². The van der Waals surface area contributed by atoms with Crippen LogP contribution in [0.4, 0.5) is 0 Å². The van der Waals surface area contributed by atoms with Crippen molar-refractivity contribution in [3.05, 3.63) is 29.1 Å². The molecule has 18 heavy (non-hydrogen) atoms. The summed E-state index contributed by atoms with van der Waals surface area (Å²) >= 11 is 0. The number of hydrogen-bond acceptors (Lipinski definition) is 3. The summed E-state index contributed by atoms with van der Waals surface area (Å²) in [6, 6.07) is 4.31. The normalized spacial score (nSPS) is 25.4. The highest BCUT2D eigenvalue weighted by Gasteiger charge is 2.46. The number of pyridine rings is 1. The number of esters is 1. The number of rotatable bonds is 3. The smallest absolute Gasteiger partial charge is 0.309 e. The summed E-state index contributed by atoms with van der Waals surface area (Å²) in [6.45, 7) is 2.33. The van der Waals surface area contributed by atoms with Gasteiger partial charge >= 0.3 is 5.97 Å². The van der Waals surface area contributed by atoms with Gasteiger partial charge in [-0.3, -0.25) is 9.78 Å². The zero-order valence-corrected chi connectivity index (χ0v) is 10.8. The number of aromatic nitrogens is 1. The monoisotopic (exact) mass is 245 g/mol. The fourth-order valence-electron chi connectivity index (χ4n) is 2.84. The van der Waals surface area contributed by atoms with E-state index in [1.165, 1.54) is 24.1 Å². The van der Waals surface area contributed by atoms with Crippen LogP contribution in [0.25, 0.3) is 0 Å². The minimum absolute atomic E-state index is 0.0537. The minimum atomic E-state index is -0.0537. The standard InChI is InChI=1S/C15H19NO2/c1-2-18-15(17)12-9-11(12)14-8-7-10-5-3-4-6-13(10)16-14/h7-8,11-12H,2-6,9H2,1H3. The van der Waals surface area contributed by atoms with Gasteiger partial charge in [0.1, 0.15) is 0 Å². The van der Waals surface area contributed by atoms with E-state index in [0.717, 1.165) is 25.0 Å². The molecule has 1 aromatic heterocycles. The lowest BCUT2D eigenvalue weighted by Gasteiger charge is -2.15. The molecule has 2 atom stereocenters. The lowest BCUT2D eigenvalue weighted by Crippen LogP contribution is -2.09. The van der Waals surface area contributed by atoms with E-state index in [1.807, 2.05) is 6.92 Å². The van der Waals surface area contributed by atoms with Gasteiger partial charge < -0.3 is 4.74 Å². The van der Waals surface area contributed by atoms with Gasteiger partial charge in [0, 0.05) is 17.3 Å². The highest BCUT2D eigenvalue weighted by molar-refractivity contribution is 5.77. The summed E-state index contributed by atoms with van der Waals surface area (Å²) in [5.41, 5.74) is 3.75. The van der Waals surface area contributed by atoms with Gasteiger partial charge in [0.25, 0.3) is 0 Å². The predicted octanol–water partition coefficient (Wildman–Crippen LogP) is 2.63. The lowest BCUT2D eigenvalue weighted by atomic mass is 9.95. The summed E-state index contributed by atoms with van der Waals surface area (Å²) < 4.78 is 5.06. The molecule has 0 bridgehead atoms. The van der Waals surface area contributed by atoms with Crippen LogP contribution in [-0.2, 0) is 22.4 Å². The van der Waals surface area contributed by atoms with Crippen LogP contribution in [0, 0.1) is 5.92 Å². The van der Waals surface area contributed by atoms with Gasteiger partial charge in [-0.25, -0.2) is 0 Å². The highest BCUT2D eigenvalue weighted by atomic mass is 16.5. The van der Waals surface area contributed by atoms with Crippen molar-refractivity contribution in [2.24, 2.45) is 5.92 Å². The number of carbonyl (C=O) groups is 1. The number of hydrogen-bond donors (Lipinski definition) is 0. The number of nitrogens with zero attached hydrogens (tertiary/aromatic N) is 1. The fourth-order valence-corrected chi connectivity index (χ4v) is 2.84. The Morgan fingerprint density at radius 3 is 3.06 bits per heavy atom. The van der Waals surface area contributed by atoms with Crippen LogP contribution in [0.3, 0.4) is 0 Å². The highest BCUT2D eigenvalue weighted by Crippen LogP contribution is 2.47. The number of ether oxygens (including phenoxy) is 1. The van der Waals surface area contributed by atoms with Crippen molar-refractivity contribution in [3.8, 4) is 0 Å². The molecule has 3 nitrogen and oxygen atoms in total. The van der Waals surface area contributed by atoms with E-state index >= 15 is 0 Å². The second-order valence-corrected chi connectivity index (χ2v) is 5.25. The molecule has 1 saturated carbocycles. The maximum absolute atomic E-state index is 11.6. The van der Waals surface area contributed by atoms with Gasteiger partial charge in [-0.15, -0.1) is 0 Å². The molecule has 3 rings (SSSR count). The Balaban J connectivity index is 1.73. The van der Waals surface area contributed by atoms with Crippen LogP contribution in [0.2, 0.25) is 0 Å². The molecule has 0 amide bonds. The zero-order valence-electron chi connectivity index (χ0n) is 10.8. The van der Waals surface area contributed by atoms with Crippen molar-refractivity contribution in [2.45, 2.75) is 44.9 Å². The first-order chi connectivity index (χ1) is 8.79. The van der Waals surface area contributed by atoms with Crippen molar-refractivity contribution in [3.63, 3.8) is 0 Å². The molecule has 0 aliphatic heterocycles. The van der Waals surface area contributed by atoms with Crippen LogP contribution in [0.15, 0.2) is 12.1 Å². The van der Waals surface area contributed by atoms with Crippen LogP contribution < -0.4 is 0 Å². The van der Waals surface area contributed by atoms with E-state index < -0.39 is 0 Å². The maximum Gasteiger partial charge on any atom is 0.309 e. The SMILES string of the molecule is CCOC(=O)C1CC1c1ccc2c(n1)CCCC2. The van der Waals surface area contributed by atoms with Crippen LogP contribution in [0.1, 0.15) is 49.1 Å². The second-order valence-electron chi connectivity index (χ2n) is 5.25. The summed E-state index contributed by atoms with van der Waals surface area (Å²) in [5, 5.41) is 0. The molecular formula is C15H19NO2. The average molecular weight is 245 g/mol. The third-order valence-electron chi connectivity index (χ3n) is 3.96. The minimum Gasteiger partial charge on any atom is -0.466 e. The molecule has 1 aromatic rings. The number of aryl methyl sites for hydroxylation is 2. The van der Waals surface area contributed by atoms with Gasteiger partial charge in [0.2, 0.25) is 0 Å². The molecule has 2 aliphatic carbocycles. The maximum atomic E-state index is 11.6. The Morgan fingerprint density at radius 2 is 2.22 bits per heavy atom. The van der Waals surface area contributed by atoms with Crippen molar-refractivity contribution < 1.29 is 9.53 Å². The summed E-state index contributed by atoms with van der Waals surface area (Å²) in [7, 11) is 0. The van der Waals surface area contributed by atoms with Crippen LogP contribution >= 0.6 is 0 Å². The number of fused-ring (bicyclic) bond motifs is 1. The second kappa shape index (κ2) is 4.71. The van der Waals surface area contributed by atoms with Crippen molar-refractivity contribution in [2.75, 3.05) is 6.61 Å². The van der Waals surface area contributed by atoms with Crippen LogP contribution in [0.5, 0.6) is 0 Å². The Kier molecular flexibility index (Phi) is 3.06. The Morgan fingerprint density at radius 1 is 1.39 bits per heavy atom. The first kappa shape index (κ1) is 11.7. The van der Waals surface area contributed by atoms with E-state index in [0.29, 0.717) is 12.5 Å². The molecule has 1 heterocycles. The third-order valence-corrected chi connectivity index (χ3v) is 3.96. The van der Waals surface area contributed by atoms with Gasteiger partial charge in [0.15, 0.2) is 0 Å². The van der Waals surface area contributed by atoms with Crippen molar-refractivity contribution in [1.29, 1.82) is 0 Å². The molecular weight excluding hydrogens is 226 g/mol. The zero-order chi connectivity index (χ0) is 12.5. The van der Waals surface area contributed by atoms with Crippen LogP contribution in [-0.4, -0.2) is 17.6 Å². The Bertz CT molecular complexity index is 470. The van der Waals surface area contributed by atoms with E-state index in [1.54, 1.807) is 0 Å². The molecule has 2 aliphatic rings. The predicted molar refractivity (Wildman–Crippen MR) is 68.4 cm³/mol. The molecule has 1 fully saturated rings. The summed E-state index contributed by atoms with van der Waals surface area (Å²) in [4.78, 5) is 16.4. The van der Waals surface area contributed by atoms with E-state index in [4.69, 9.17) is 9.72 Å². The average Bonchev–Trinajstić information content (AvgIpc) is 3.19. The first-order valence-electron chi connectivity index (χ1n) is 6.95. The van der Waals surface area contributed by atoms with Gasteiger partial charge in [-0.1, -0.05) is 6.07 Å². The molecule has 0 spiro atoms. The summed E-state index contributed by atoms with van der Waals surface area (Å²) in [6.07, 6.45) is 5.69. The molecule has 3 heteroatoms. The molecule has 0 saturated heterocycles. The number of carbonyl (C=O) groups excluding carboxylic acids is 1. The Hall–Kier alpha value is -1.38. The molecule has 0 radical (unpaired) electrons. The van der Waals surface area contributed by atoms with Gasteiger partial charge in [-0.05, 0) is 50.7 Å². The first-order valence-corrected chi connectivity index (χ1v) is 6.95. The van der Waals surface area contributed by atoms with Crippen molar-refractivity contribution >= 4 is 5.97 Å². The van der Waals surface area contributed by atoms with E-state index in [2.05, 4.69) is 12.1 Å². The molecule has 2 unspecified atom stereocenters. The lowest BCUT2D eigenvalue weighted by molar-refractivity contribution is -0.144. The molecule has 0 N–H and O–H groups in total. The van der Waals surface area contributed by atoms with Crippen molar-refractivity contribution in [1.82, 2.24) is 4.98 Å². The van der Waals surface area contributed by atoms with Gasteiger partial charge in [0.05, 0.1) is 12.5 Å². The third kappa shape index (κ3) is 2.14. The topological polar surface area (TPSA) is 39.2 Å². The quantitative estimate of drug-likeness (QED) is 0.768. The largest absolute Gasteiger partial charge is 0.466 e. The fraction of sp³-hybridized carbons (Fsp3) is 0.600. The Labute approximate surface area is 108 Å². The molecule has 0 aromatic carbocycles. The summed E-state index contributed by atoms with van der Waals surface area (Å²) in [5.74, 6) is 0.303. The molecule has 96 valence electrons.